The lowest BCUT2D eigenvalue weighted by Crippen LogP contribution is -2.07. The number of methoxy groups -OCH3 is 2. The Hall–Kier alpha value is -3.09. The Bertz CT molecular complexity index is 930. The van der Waals surface area contributed by atoms with Gasteiger partial charge in [-0.2, -0.15) is 4.98 Å². The number of benzene rings is 1. The van der Waals surface area contributed by atoms with Crippen molar-refractivity contribution in [2.75, 3.05) is 31.8 Å². The quantitative estimate of drug-likeness (QED) is 0.583. The minimum absolute atomic E-state index is 0.237. The molecule has 7 nitrogen and oxygen atoms in total. The molecule has 3 aromatic rings. The van der Waals surface area contributed by atoms with Gasteiger partial charge in [-0.25, -0.2) is 9.97 Å². The Kier molecular flexibility index (Phi) is 5.90. The monoisotopic (exact) mass is 367 g/mol. The summed E-state index contributed by atoms with van der Waals surface area (Å²) in [7, 11) is 3.23. The number of nitrogens with two attached hydrogens (primary N) is 1. The first-order valence-electron chi connectivity index (χ1n) is 9.06. The third kappa shape index (κ3) is 4.19. The number of anilines is 2. The minimum Gasteiger partial charge on any atom is -0.493 e. The standard InChI is InChI=1S/C20H25N5O2/c1-4-5-6-11-22-19-18-15(24-20(21)25-19)9-8-14(23-18)13-7-10-16(26-2)17(12-13)27-3/h7-10,12H,4-6,11H2,1-3H3,(H3,21,22,24,25). The number of rotatable bonds is 8. The first-order chi connectivity index (χ1) is 13.2. The number of fused-ring (bicyclic) bond motifs is 1. The largest absolute Gasteiger partial charge is 0.493 e. The molecule has 0 amide bonds. The van der Waals surface area contributed by atoms with Crippen LogP contribution in [0.25, 0.3) is 22.3 Å². The minimum atomic E-state index is 0.237. The summed E-state index contributed by atoms with van der Waals surface area (Å²) in [6.07, 6.45) is 3.39. The molecule has 1 aromatic carbocycles. The highest BCUT2D eigenvalue weighted by molar-refractivity contribution is 5.88. The zero-order chi connectivity index (χ0) is 19.2. The summed E-state index contributed by atoms with van der Waals surface area (Å²) in [5, 5.41) is 3.34. The van der Waals surface area contributed by atoms with E-state index in [-0.39, 0.29) is 5.95 Å². The second-order valence-corrected chi connectivity index (χ2v) is 6.20. The number of pyridine rings is 1. The predicted octanol–water partition coefficient (Wildman–Crippen LogP) is 3.89. The molecule has 0 saturated carbocycles. The summed E-state index contributed by atoms with van der Waals surface area (Å²) >= 11 is 0. The number of hydrogen-bond donors (Lipinski definition) is 2. The smallest absolute Gasteiger partial charge is 0.222 e. The molecule has 2 heterocycles. The van der Waals surface area contributed by atoms with Gasteiger partial charge in [0, 0.05) is 12.1 Å². The van der Waals surface area contributed by atoms with Crippen molar-refractivity contribution >= 4 is 22.8 Å². The molecule has 0 aliphatic rings. The van der Waals surface area contributed by atoms with E-state index in [0.717, 1.165) is 37.1 Å². The van der Waals surface area contributed by atoms with Gasteiger partial charge in [-0.1, -0.05) is 19.8 Å². The van der Waals surface area contributed by atoms with Crippen LogP contribution in [0.15, 0.2) is 30.3 Å². The van der Waals surface area contributed by atoms with Gasteiger partial charge in [-0.05, 0) is 36.8 Å². The summed E-state index contributed by atoms with van der Waals surface area (Å²) in [5.41, 5.74) is 8.99. The fourth-order valence-corrected chi connectivity index (χ4v) is 2.89. The van der Waals surface area contributed by atoms with E-state index in [9.17, 15) is 0 Å². The Morgan fingerprint density at radius 3 is 2.52 bits per heavy atom. The molecule has 142 valence electrons. The SMILES string of the molecule is CCCCCNc1nc(N)nc2ccc(-c3ccc(OC)c(OC)c3)nc12. The van der Waals surface area contributed by atoms with E-state index in [1.807, 2.05) is 30.3 Å². The second kappa shape index (κ2) is 8.53. The van der Waals surface area contributed by atoms with Crippen molar-refractivity contribution in [1.29, 1.82) is 0 Å². The molecule has 0 radical (unpaired) electrons. The van der Waals surface area contributed by atoms with Crippen LogP contribution in [-0.4, -0.2) is 35.7 Å². The summed E-state index contributed by atoms with van der Waals surface area (Å²) in [6.45, 7) is 3.00. The number of nitrogen functional groups attached to an aromatic ring is 1. The Balaban J connectivity index is 1.99. The maximum absolute atomic E-state index is 5.85. The topological polar surface area (TPSA) is 95.2 Å². The first kappa shape index (κ1) is 18.7. The molecule has 27 heavy (non-hydrogen) atoms. The predicted molar refractivity (Wildman–Crippen MR) is 108 cm³/mol. The lowest BCUT2D eigenvalue weighted by molar-refractivity contribution is 0.355. The van der Waals surface area contributed by atoms with E-state index in [2.05, 4.69) is 22.2 Å². The fourth-order valence-electron chi connectivity index (χ4n) is 2.89. The highest BCUT2D eigenvalue weighted by Crippen LogP contribution is 2.32. The highest BCUT2D eigenvalue weighted by Gasteiger charge is 2.12. The molecule has 7 heteroatoms. The molecule has 0 fully saturated rings. The molecule has 0 aliphatic heterocycles. The van der Waals surface area contributed by atoms with Gasteiger partial charge in [0.2, 0.25) is 5.95 Å². The molecular weight excluding hydrogens is 342 g/mol. The van der Waals surface area contributed by atoms with Crippen molar-refractivity contribution in [3.63, 3.8) is 0 Å². The van der Waals surface area contributed by atoms with Gasteiger partial charge in [0.1, 0.15) is 5.52 Å². The maximum atomic E-state index is 5.85. The second-order valence-electron chi connectivity index (χ2n) is 6.20. The van der Waals surface area contributed by atoms with Crippen LogP contribution in [0.2, 0.25) is 0 Å². The van der Waals surface area contributed by atoms with Gasteiger partial charge < -0.3 is 20.5 Å². The molecule has 0 bridgehead atoms. The van der Waals surface area contributed by atoms with Gasteiger partial charge in [0.05, 0.1) is 25.4 Å². The van der Waals surface area contributed by atoms with Gasteiger partial charge in [-0.3, -0.25) is 0 Å². The molecule has 0 saturated heterocycles. The van der Waals surface area contributed by atoms with Gasteiger partial charge in [-0.15, -0.1) is 0 Å². The molecule has 3 rings (SSSR count). The molecule has 0 aliphatic carbocycles. The number of aromatic nitrogens is 3. The highest BCUT2D eigenvalue weighted by atomic mass is 16.5. The van der Waals surface area contributed by atoms with Gasteiger partial charge in [0.15, 0.2) is 17.3 Å². The molecule has 3 N–H and O–H groups in total. The number of ether oxygens (including phenoxy) is 2. The van der Waals surface area contributed by atoms with E-state index in [1.165, 1.54) is 0 Å². The third-order valence-electron chi connectivity index (χ3n) is 4.31. The van der Waals surface area contributed by atoms with Crippen LogP contribution in [0, 0.1) is 0 Å². The Morgan fingerprint density at radius 2 is 1.78 bits per heavy atom. The van der Waals surface area contributed by atoms with Crippen LogP contribution < -0.4 is 20.5 Å². The van der Waals surface area contributed by atoms with Crippen molar-refractivity contribution < 1.29 is 9.47 Å². The van der Waals surface area contributed by atoms with Crippen LogP contribution in [0.4, 0.5) is 11.8 Å². The lowest BCUT2D eigenvalue weighted by Gasteiger charge is -2.11. The summed E-state index contributed by atoms with van der Waals surface area (Å²) in [6, 6.07) is 9.53. The van der Waals surface area contributed by atoms with E-state index < -0.39 is 0 Å². The van der Waals surface area contributed by atoms with Crippen LogP contribution in [0.5, 0.6) is 11.5 Å². The van der Waals surface area contributed by atoms with Gasteiger partial charge in [0.25, 0.3) is 0 Å². The average Bonchev–Trinajstić information content (AvgIpc) is 2.70. The zero-order valence-electron chi connectivity index (χ0n) is 16.0. The molecular formula is C20H25N5O2. The van der Waals surface area contributed by atoms with Crippen LogP contribution >= 0.6 is 0 Å². The van der Waals surface area contributed by atoms with Crippen LogP contribution in [0.1, 0.15) is 26.2 Å². The Labute approximate surface area is 159 Å². The molecule has 0 unspecified atom stereocenters. The van der Waals surface area contributed by atoms with Crippen molar-refractivity contribution in [2.45, 2.75) is 26.2 Å². The summed E-state index contributed by atoms with van der Waals surface area (Å²) < 4.78 is 10.7. The van der Waals surface area contributed by atoms with Crippen molar-refractivity contribution in [1.82, 2.24) is 15.0 Å². The van der Waals surface area contributed by atoms with Crippen molar-refractivity contribution in [3.05, 3.63) is 30.3 Å². The fraction of sp³-hybridized carbons (Fsp3) is 0.350. The first-order valence-corrected chi connectivity index (χ1v) is 9.06. The van der Waals surface area contributed by atoms with E-state index in [0.29, 0.717) is 28.4 Å². The summed E-state index contributed by atoms with van der Waals surface area (Å²) in [5.74, 6) is 2.23. The van der Waals surface area contributed by atoms with Crippen molar-refractivity contribution in [3.8, 4) is 22.8 Å². The van der Waals surface area contributed by atoms with E-state index in [1.54, 1.807) is 14.2 Å². The number of unbranched alkanes of at least 4 members (excludes halogenated alkanes) is 2. The van der Waals surface area contributed by atoms with Crippen LogP contribution in [0.3, 0.4) is 0 Å². The van der Waals surface area contributed by atoms with E-state index in [4.69, 9.17) is 20.2 Å². The van der Waals surface area contributed by atoms with Crippen molar-refractivity contribution in [2.24, 2.45) is 0 Å². The van der Waals surface area contributed by atoms with Gasteiger partial charge >= 0.3 is 0 Å². The molecule has 0 atom stereocenters. The average molecular weight is 367 g/mol. The zero-order valence-corrected chi connectivity index (χ0v) is 16.0. The Morgan fingerprint density at radius 1 is 0.963 bits per heavy atom. The normalized spacial score (nSPS) is 10.8. The lowest BCUT2D eigenvalue weighted by atomic mass is 10.1. The molecule has 0 spiro atoms. The number of nitrogens with one attached hydrogen (secondary N) is 1. The van der Waals surface area contributed by atoms with Crippen LogP contribution in [-0.2, 0) is 0 Å². The number of hydrogen-bond acceptors (Lipinski definition) is 7. The van der Waals surface area contributed by atoms with E-state index >= 15 is 0 Å². The summed E-state index contributed by atoms with van der Waals surface area (Å²) in [4.78, 5) is 13.4. The third-order valence-corrected chi connectivity index (χ3v) is 4.31. The maximum Gasteiger partial charge on any atom is 0.222 e. The molecule has 2 aromatic heterocycles. The number of nitrogens with zero attached hydrogens (tertiary/aromatic N) is 3.